The van der Waals surface area contributed by atoms with Gasteiger partial charge < -0.3 is 24.8 Å². The molecule has 24 heavy (non-hydrogen) atoms. The van der Waals surface area contributed by atoms with Crippen molar-refractivity contribution in [3.8, 4) is 0 Å². The third kappa shape index (κ3) is 5.51. The molecule has 2 heterocycles. The van der Waals surface area contributed by atoms with Gasteiger partial charge in [-0.15, -0.1) is 0 Å². The number of Topliss-reactive ketones (excluding diaryl/α,β-unsaturated/α-hetero) is 2. The Bertz CT molecular complexity index is 687. The van der Waals surface area contributed by atoms with Crippen LogP contribution >= 0.6 is 0 Å². The molecule has 0 N–H and O–H groups in total. The summed E-state index contributed by atoms with van der Waals surface area (Å²) in [6, 6.07) is 10.4. The first-order valence-corrected chi connectivity index (χ1v) is 6.99. The summed E-state index contributed by atoms with van der Waals surface area (Å²) in [4.78, 5) is 35.5. The molecule has 0 unspecified atom stereocenters. The SMILES string of the molecule is CC(=O)C[n+]1ccccc1C(=O)c1cccc[n+]1CC(C)=O.[Cl-].[Cl-]. The van der Waals surface area contributed by atoms with Gasteiger partial charge in [0.25, 0.3) is 11.4 Å². The van der Waals surface area contributed by atoms with E-state index < -0.39 is 0 Å². The van der Waals surface area contributed by atoms with E-state index in [1.807, 2.05) is 0 Å². The minimum Gasteiger partial charge on any atom is -1.00 e. The lowest BCUT2D eigenvalue weighted by atomic mass is 10.1. The standard InChI is InChI=1S/C17H18N2O3.2ClH/c1-13(20)11-18-9-5-3-7-15(18)17(22)16-8-4-6-10-19(16)12-14(2)21;;/h3-10H,11-12H2,1-2H3;2*1H/q+2;;/p-2. The number of ketones is 3. The molecule has 0 radical (unpaired) electrons. The number of nitrogens with zero attached hydrogens (tertiary/aromatic N) is 2. The number of rotatable bonds is 6. The molecular weight excluding hydrogens is 351 g/mol. The Balaban J connectivity index is 0.00000264. The van der Waals surface area contributed by atoms with Crippen molar-refractivity contribution in [2.45, 2.75) is 26.9 Å². The molecule has 2 aromatic rings. The average molecular weight is 369 g/mol. The van der Waals surface area contributed by atoms with Crippen molar-refractivity contribution in [1.82, 2.24) is 0 Å². The molecule has 0 bridgehead atoms. The van der Waals surface area contributed by atoms with Crippen molar-refractivity contribution in [1.29, 1.82) is 0 Å². The van der Waals surface area contributed by atoms with Crippen molar-refractivity contribution in [2.75, 3.05) is 0 Å². The van der Waals surface area contributed by atoms with Gasteiger partial charge in [0.15, 0.2) is 24.0 Å². The second-order valence-electron chi connectivity index (χ2n) is 5.16. The number of aromatic nitrogens is 2. The van der Waals surface area contributed by atoms with Crippen LogP contribution in [0, 0.1) is 0 Å². The molecule has 0 amide bonds. The van der Waals surface area contributed by atoms with Gasteiger partial charge in [-0.25, -0.2) is 0 Å². The van der Waals surface area contributed by atoms with E-state index in [1.165, 1.54) is 13.8 Å². The van der Waals surface area contributed by atoms with Gasteiger partial charge in [-0.1, -0.05) is 0 Å². The molecule has 128 valence electrons. The summed E-state index contributed by atoms with van der Waals surface area (Å²) in [6.45, 7) is 3.24. The van der Waals surface area contributed by atoms with Gasteiger partial charge in [0.2, 0.25) is 13.1 Å². The summed E-state index contributed by atoms with van der Waals surface area (Å²) in [5.41, 5.74) is 0.836. The Labute approximate surface area is 153 Å². The summed E-state index contributed by atoms with van der Waals surface area (Å²) in [5.74, 6) is -0.284. The van der Waals surface area contributed by atoms with Crippen molar-refractivity contribution < 1.29 is 48.3 Å². The molecule has 0 aliphatic carbocycles. The van der Waals surface area contributed by atoms with E-state index in [-0.39, 0.29) is 55.3 Å². The fourth-order valence-electron chi connectivity index (χ4n) is 2.25. The highest BCUT2D eigenvalue weighted by Gasteiger charge is 2.28. The second kappa shape index (κ2) is 9.90. The maximum absolute atomic E-state index is 12.8. The van der Waals surface area contributed by atoms with Gasteiger partial charge in [0.1, 0.15) is 0 Å². The van der Waals surface area contributed by atoms with E-state index in [0.29, 0.717) is 11.4 Å². The highest BCUT2D eigenvalue weighted by atomic mass is 35.5. The average Bonchev–Trinajstić information content (AvgIpc) is 2.46. The van der Waals surface area contributed by atoms with Gasteiger partial charge in [0.05, 0.1) is 0 Å². The topological polar surface area (TPSA) is 59.0 Å². The highest BCUT2D eigenvalue weighted by Crippen LogP contribution is 2.02. The summed E-state index contributed by atoms with van der Waals surface area (Å²) >= 11 is 0. The van der Waals surface area contributed by atoms with Crippen LogP contribution in [0.4, 0.5) is 0 Å². The molecule has 0 saturated carbocycles. The van der Waals surface area contributed by atoms with E-state index in [1.54, 1.807) is 57.9 Å². The molecule has 0 atom stereocenters. The molecule has 0 aliphatic rings. The quantitative estimate of drug-likeness (QED) is 0.378. The molecule has 7 heteroatoms. The van der Waals surface area contributed by atoms with Crippen LogP contribution in [-0.2, 0) is 22.7 Å². The molecule has 0 fully saturated rings. The van der Waals surface area contributed by atoms with Crippen LogP contribution in [0.25, 0.3) is 0 Å². The Morgan fingerprint density at radius 2 is 1.12 bits per heavy atom. The van der Waals surface area contributed by atoms with E-state index in [9.17, 15) is 14.4 Å². The molecular formula is C17H18Cl2N2O3. The molecule has 2 rings (SSSR count). The number of halogens is 2. The van der Waals surface area contributed by atoms with Crippen LogP contribution in [0.2, 0.25) is 0 Å². The number of pyridine rings is 2. The lowest BCUT2D eigenvalue weighted by Crippen LogP contribution is -3.00. The van der Waals surface area contributed by atoms with Gasteiger partial charge in [-0.3, -0.25) is 14.4 Å². The summed E-state index contributed by atoms with van der Waals surface area (Å²) in [5, 5.41) is 0. The zero-order valence-electron chi connectivity index (χ0n) is 13.4. The minimum absolute atomic E-state index is 0. The lowest BCUT2D eigenvalue weighted by Gasteiger charge is -2.02. The molecule has 5 nitrogen and oxygen atoms in total. The predicted molar refractivity (Wildman–Crippen MR) is 78.1 cm³/mol. The van der Waals surface area contributed by atoms with Gasteiger partial charge in [0, 0.05) is 38.1 Å². The van der Waals surface area contributed by atoms with Crippen molar-refractivity contribution in [3.05, 3.63) is 60.2 Å². The van der Waals surface area contributed by atoms with Gasteiger partial charge in [-0.2, -0.15) is 9.13 Å². The van der Waals surface area contributed by atoms with Crippen molar-refractivity contribution in [2.24, 2.45) is 0 Å². The lowest BCUT2D eigenvalue weighted by molar-refractivity contribution is -0.693. The third-order valence-electron chi connectivity index (χ3n) is 3.13. The predicted octanol–water partition coefficient (Wildman–Crippen LogP) is -5.32. The number of hydrogen-bond acceptors (Lipinski definition) is 3. The monoisotopic (exact) mass is 368 g/mol. The van der Waals surface area contributed by atoms with Gasteiger partial charge >= 0.3 is 5.78 Å². The van der Waals surface area contributed by atoms with E-state index >= 15 is 0 Å². The Kier molecular flexibility index (Phi) is 9.03. The first-order valence-electron chi connectivity index (χ1n) is 6.99. The molecule has 0 aliphatic heterocycles. The summed E-state index contributed by atoms with van der Waals surface area (Å²) < 4.78 is 3.24. The maximum atomic E-state index is 12.8. The van der Waals surface area contributed by atoms with E-state index in [2.05, 4.69) is 0 Å². The fraction of sp³-hybridized carbons (Fsp3) is 0.235. The molecule has 0 aromatic carbocycles. The minimum atomic E-state index is -0.219. The van der Waals surface area contributed by atoms with Crippen LogP contribution in [0.3, 0.4) is 0 Å². The first-order chi connectivity index (χ1) is 10.5. The van der Waals surface area contributed by atoms with Gasteiger partial charge in [-0.05, 0) is 12.1 Å². The number of carbonyl (C=O) groups is 3. The van der Waals surface area contributed by atoms with E-state index in [4.69, 9.17) is 0 Å². The van der Waals surface area contributed by atoms with Crippen LogP contribution in [0.5, 0.6) is 0 Å². The third-order valence-corrected chi connectivity index (χ3v) is 3.13. The highest BCUT2D eigenvalue weighted by molar-refractivity contribution is 6.04. The molecule has 0 saturated heterocycles. The normalized spacial score (nSPS) is 9.42. The number of hydrogen-bond donors (Lipinski definition) is 0. The molecule has 0 spiro atoms. The first kappa shape index (κ1) is 21.9. The Morgan fingerprint density at radius 1 is 0.750 bits per heavy atom. The van der Waals surface area contributed by atoms with Crippen LogP contribution < -0.4 is 33.9 Å². The van der Waals surface area contributed by atoms with Crippen LogP contribution in [0.1, 0.15) is 30.0 Å². The zero-order chi connectivity index (χ0) is 16.1. The largest absolute Gasteiger partial charge is 1.00 e. The summed E-state index contributed by atoms with van der Waals surface area (Å²) in [7, 11) is 0. The zero-order valence-corrected chi connectivity index (χ0v) is 14.9. The Hall–Kier alpha value is -2.11. The number of carbonyl (C=O) groups excluding carboxylic acids is 3. The van der Waals surface area contributed by atoms with Crippen LogP contribution in [0.15, 0.2) is 48.8 Å². The maximum Gasteiger partial charge on any atom is 0.320 e. The van der Waals surface area contributed by atoms with Crippen LogP contribution in [-0.4, -0.2) is 17.3 Å². The molecule has 2 aromatic heterocycles. The van der Waals surface area contributed by atoms with Crippen molar-refractivity contribution in [3.63, 3.8) is 0 Å². The smallest absolute Gasteiger partial charge is 0.320 e. The second-order valence-corrected chi connectivity index (χ2v) is 5.16. The van der Waals surface area contributed by atoms with E-state index in [0.717, 1.165) is 0 Å². The summed E-state index contributed by atoms with van der Waals surface area (Å²) in [6.07, 6.45) is 3.40. The fourth-order valence-corrected chi connectivity index (χ4v) is 2.25. The van der Waals surface area contributed by atoms with Crippen molar-refractivity contribution >= 4 is 17.3 Å². The Morgan fingerprint density at radius 3 is 1.46 bits per heavy atom.